The van der Waals surface area contributed by atoms with Crippen LogP contribution in [0.25, 0.3) is 0 Å². The van der Waals surface area contributed by atoms with E-state index >= 15 is 0 Å². The molecule has 0 fully saturated rings. The Kier molecular flexibility index (Phi) is 4.32. The van der Waals surface area contributed by atoms with Gasteiger partial charge in [0.25, 0.3) is 0 Å². The number of sulfonamides is 1. The Hall–Kier alpha value is -1.07. The highest BCUT2D eigenvalue weighted by Crippen LogP contribution is 2.15. The molecule has 5 heteroatoms. The van der Waals surface area contributed by atoms with Crippen LogP contribution in [0, 0.1) is 0 Å². The van der Waals surface area contributed by atoms with Crippen LogP contribution < -0.4 is 4.31 Å². The van der Waals surface area contributed by atoms with Gasteiger partial charge in [-0.1, -0.05) is 18.2 Å². The molecule has 1 rings (SSSR count). The average Bonchev–Trinajstić information content (AvgIpc) is 2.17. The fraction of sp³-hybridized carbons (Fsp3) is 0.455. The normalized spacial score (nSPS) is 11.8. The van der Waals surface area contributed by atoms with Gasteiger partial charge in [0.15, 0.2) is 0 Å². The molecule has 16 heavy (non-hydrogen) atoms. The molecule has 0 bridgehead atoms. The molecule has 0 aliphatic carbocycles. The maximum absolute atomic E-state index is 11.7. The fourth-order valence-corrected chi connectivity index (χ4v) is 2.29. The second kappa shape index (κ2) is 5.32. The van der Waals surface area contributed by atoms with Crippen molar-refractivity contribution in [1.29, 1.82) is 0 Å². The van der Waals surface area contributed by atoms with Gasteiger partial charge in [-0.05, 0) is 26.2 Å². The van der Waals surface area contributed by atoms with Crippen LogP contribution in [0.15, 0.2) is 30.3 Å². The van der Waals surface area contributed by atoms with Gasteiger partial charge in [0.2, 0.25) is 10.0 Å². The molecule has 4 nitrogen and oxygen atoms in total. The number of rotatable bonds is 5. The van der Waals surface area contributed by atoms with E-state index in [1.54, 1.807) is 12.1 Å². The quantitative estimate of drug-likeness (QED) is 0.774. The van der Waals surface area contributed by atoms with E-state index in [9.17, 15) is 8.42 Å². The lowest BCUT2D eigenvalue weighted by molar-refractivity contribution is 0.419. The van der Waals surface area contributed by atoms with Gasteiger partial charge >= 0.3 is 0 Å². The first-order valence-corrected chi connectivity index (χ1v) is 6.93. The smallest absolute Gasteiger partial charge is 0.232 e. The summed E-state index contributed by atoms with van der Waals surface area (Å²) in [6.07, 6.45) is 1.23. The molecular formula is C11H18N2O2S. The molecule has 0 atom stereocenters. The van der Waals surface area contributed by atoms with Gasteiger partial charge in [0, 0.05) is 13.1 Å². The summed E-state index contributed by atoms with van der Waals surface area (Å²) < 4.78 is 24.7. The second-order valence-electron chi connectivity index (χ2n) is 3.97. The molecule has 1 aromatic carbocycles. The average molecular weight is 242 g/mol. The number of hydrogen-bond donors (Lipinski definition) is 0. The predicted octanol–water partition coefficient (Wildman–Crippen LogP) is 1.01. The van der Waals surface area contributed by atoms with Crippen LogP contribution >= 0.6 is 0 Å². The first-order chi connectivity index (χ1) is 7.41. The van der Waals surface area contributed by atoms with Crippen molar-refractivity contribution in [3.63, 3.8) is 0 Å². The molecule has 0 saturated heterocycles. The molecule has 0 amide bonds. The summed E-state index contributed by atoms with van der Waals surface area (Å²) in [4.78, 5) is 1.96. The molecule has 0 heterocycles. The van der Waals surface area contributed by atoms with Crippen molar-refractivity contribution in [3.8, 4) is 0 Å². The molecule has 0 aliphatic rings. The van der Waals surface area contributed by atoms with Crippen molar-refractivity contribution >= 4 is 15.7 Å². The summed E-state index contributed by atoms with van der Waals surface area (Å²) in [5.41, 5.74) is 0.715. The fourth-order valence-electron chi connectivity index (χ4n) is 1.37. The summed E-state index contributed by atoms with van der Waals surface area (Å²) in [6, 6.07) is 9.15. The number of anilines is 1. The van der Waals surface area contributed by atoms with Crippen molar-refractivity contribution in [2.45, 2.75) is 0 Å². The maximum atomic E-state index is 11.7. The third-order valence-corrected chi connectivity index (χ3v) is 3.39. The summed E-state index contributed by atoms with van der Waals surface area (Å²) in [5.74, 6) is 0. The number of nitrogens with zero attached hydrogens (tertiary/aromatic N) is 2. The zero-order chi connectivity index (χ0) is 12.2. The van der Waals surface area contributed by atoms with Gasteiger partial charge in [0.05, 0.1) is 11.9 Å². The zero-order valence-electron chi connectivity index (χ0n) is 9.92. The largest absolute Gasteiger partial charge is 0.308 e. The summed E-state index contributed by atoms with van der Waals surface area (Å²) in [7, 11) is 0.637. The molecule has 0 N–H and O–H groups in total. The van der Waals surface area contributed by atoms with Crippen LogP contribution in [0.4, 0.5) is 5.69 Å². The van der Waals surface area contributed by atoms with E-state index in [2.05, 4.69) is 0 Å². The van der Waals surface area contributed by atoms with Crippen LogP contribution in [0.1, 0.15) is 0 Å². The third-order valence-electron chi connectivity index (χ3n) is 2.19. The zero-order valence-corrected chi connectivity index (χ0v) is 10.7. The molecule has 0 aliphatic heterocycles. The molecule has 0 unspecified atom stereocenters. The number of benzene rings is 1. The Bertz CT molecular complexity index is 415. The molecule has 0 spiro atoms. The highest BCUT2D eigenvalue weighted by molar-refractivity contribution is 7.92. The van der Waals surface area contributed by atoms with E-state index < -0.39 is 10.0 Å². The van der Waals surface area contributed by atoms with E-state index in [1.165, 1.54) is 10.6 Å². The molecule has 0 saturated carbocycles. The van der Waals surface area contributed by atoms with Crippen LogP contribution in [0.5, 0.6) is 0 Å². The topological polar surface area (TPSA) is 40.6 Å². The van der Waals surface area contributed by atoms with E-state index in [4.69, 9.17) is 0 Å². The van der Waals surface area contributed by atoms with Gasteiger partial charge in [-0.3, -0.25) is 4.31 Å². The number of para-hydroxylation sites is 1. The molecule has 90 valence electrons. The van der Waals surface area contributed by atoms with Crippen molar-refractivity contribution < 1.29 is 8.42 Å². The summed E-state index contributed by atoms with van der Waals surface area (Å²) in [5, 5.41) is 0. The van der Waals surface area contributed by atoms with Gasteiger partial charge in [-0.25, -0.2) is 8.42 Å². The van der Waals surface area contributed by atoms with E-state index in [0.717, 1.165) is 0 Å². The van der Waals surface area contributed by atoms with E-state index in [1.807, 2.05) is 37.2 Å². The predicted molar refractivity (Wildman–Crippen MR) is 67.2 cm³/mol. The molecule has 0 radical (unpaired) electrons. The first kappa shape index (κ1) is 13.0. The van der Waals surface area contributed by atoms with Crippen molar-refractivity contribution in [2.24, 2.45) is 0 Å². The van der Waals surface area contributed by atoms with Crippen LogP contribution in [-0.4, -0.2) is 46.8 Å². The lowest BCUT2D eigenvalue weighted by atomic mass is 10.3. The van der Waals surface area contributed by atoms with Crippen LogP contribution in [0.2, 0.25) is 0 Å². The Labute approximate surface area is 97.5 Å². The summed E-state index contributed by atoms with van der Waals surface area (Å²) in [6.45, 7) is 1.16. The number of likely N-dealkylation sites (N-methyl/N-ethyl adjacent to an activating group) is 1. The third kappa shape index (κ3) is 3.83. The monoisotopic (exact) mass is 242 g/mol. The van der Waals surface area contributed by atoms with Crippen LogP contribution in [-0.2, 0) is 10.0 Å². The second-order valence-corrected chi connectivity index (χ2v) is 5.88. The lowest BCUT2D eigenvalue weighted by Crippen LogP contribution is -2.35. The Morgan fingerprint density at radius 3 is 2.06 bits per heavy atom. The van der Waals surface area contributed by atoms with Crippen molar-refractivity contribution in [3.05, 3.63) is 30.3 Å². The molecule has 1 aromatic rings. The van der Waals surface area contributed by atoms with Crippen molar-refractivity contribution in [2.75, 3.05) is 37.7 Å². The van der Waals surface area contributed by atoms with Gasteiger partial charge < -0.3 is 4.90 Å². The Morgan fingerprint density at radius 1 is 1.06 bits per heavy atom. The standard InChI is InChI=1S/C11H18N2O2S/c1-12(2)9-10-13(16(3,14)15)11-7-5-4-6-8-11/h4-8H,9-10H2,1-3H3. The van der Waals surface area contributed by atoms with Gasteiger partial charge in [-0.2, -0.15) is 0 Å². The Morgan fingerprint density at radius 2 is 1.62 bits per heavy atom. The van der Waals surface area contributed by atoms with Gasteiger partial charge in [-0.15, -0.1) is 0 Å². The van der Waals surface area contributed by atoms with Crippen LogP contribution in [0.3, 0.4) is 0 Å². The van der Waals surface area contributed by atoms with E-state index in [-0.39, 0.29) is 0 Å². The molecular weight excluding hydrogens is 224 g/mol. The SMILES string of the molecule is CN(C)CCN(c1ccccc1)S(C)(=O)=O. The Balaban J connectivity index is 2.90. The van der Waals surface area contributed by atoms with E-state index in [0.29, 0.717) is 18.8 Å². The minimum absolute atomic E-state index is 0.468. The number of hydrogen-bond acceptors (Lipinski definition) is 3. The minimum Gasteiger partial charge on any atom is -0.308 e. The summed E-state index contributed by atoms with van der Waals surface area (Å²) >= 11 is 0. The van der Waals surface area contributed by atoms with Crippen molar-refractivity contribution in [1.82, 2.24) is 4.90 Å². The highest BCUT2D eigenvalue weighted by Gasteiger charge is 2.16. The van der Waals surface area contributed by atoms with Gasteiger partial charge in [0.1, 0.15) is 0 Å². The minimum atomic E-state index is -3.21. The molecule has 0 aromatic heterocycles. The maximum Gasteiger partial charge on any atom is 0.232 e. The first-order valence-electron chi connectivity index (χ1n) is 5.09. The lowest BCUT2D eigenvalue weighted by Gasteiger charge is -2.23. The highest BCUT2D eigenvalue weighted by atomic mass is 32.2.